The Morgan fingerprint density at radius 3 is 2.59 bits per heavy atom. The lowest BCUT2D eigenvalue weighted by Gasteiger charge is -2.24. The number of nitrogens with zero attached hydrogens (tertiary/aromatic N) is 1. The van der Waals surface area contributed by atoms with E-state index in [0.717, 1.165) is 5.56 Å². The van der Waals surface area contributed by atoms with Crippen LogP contribution in [-0.2, 0) is 21.2 Å². The van der Waals surface area contributed by atoms with Crippen molar-refractivity contribution in [1.82, 2.24) is 0 Å². The number of fused-ring (bicyclic) bond motifs is 1. The number of ether oxygens (including phenoxy) is 2. The van der Waals surface area contributed by atoms with Gasteiger partial charge in [-0.3, -0.25) is 4.31 Å². The Hall–Kier alpha value is -3.39. The van der Waals surface area contributed by atoms with Gasteiger partial charge in [-0.25, -0.2) is 17.6 Å². The van der Waals surface area contributed by atoms with E-state index in [-0.39, 0.29) is 35.5 Å². The molecule has 1 aliphatic heterocycles. The summed E-state index contributed by atoms with van der Waals surface area (Å²) in [5, 5.41) is 0. The minimum absolute atomic E-state index is 0.0121. The Balaban J connectivity index is 1.45. The van der Waals surface area contributed by atoms with Crippen LogP contribution >= 0.6 is 0 Å². The maximum atomic E-state index is 13.6. The number of rotatable bonds is 7. The fourth-order valence-corrected chi connectivity index (χ4v) is 5.47. The first kappa shape index (κ1) is 21.8. The molecule has 1 atom stereocenters. The highest BCUT2D eigenvalue weighted by atomic mass is 32.2. The maximum absolute atomic E-state index is 13.6. The van der Waals surface area contributed by atoms with Gasteiger partial charge in [-0.2, -0.15) is 0 Å². The highest BCUT2D eigenvalue weighted by Gasteiger charge is 2.36. The molecule has 0 bridgehead atoms. The molecule has 0 aliphatic carbocycles. The molecule has 3 aromatic carbocycles. The van der Waals surface area contributed by atoms with E-state index in [1.54, 1.807) is 24.3 Å². The van der Waals surface area contributed by atoms with Crippen LogP contribution in [0.4, 0.5) is 10.1 Å². The van der Waals surface area contributed by atoms with Crippen molar-refractivity contribution >= 4 is 21.7 Å². The van der Waals surface area contributed by atoms with Crippen LogP contribution in [0.25, 0.3) is 0 Å². The molecule has 166 valence electrons. The average molecular weight is 456 g/mol. The number of benzene rings is 3. The van der Waals surface area contributed by atoms with Crippen molar-refractivity contribution in [1.29, 1.82) is 0 Å². The van der Waals surface area contributed by atoms with Crippen LogP contribution in [0.1, 0.15) is 22.8 Å². The van der Waals surface area contributed by atoms with Gasteiger partial charge in [0, 0.05) is 6.04 Å². The summed E-state index contributed by atoms with van der Waals surface area (Å²) in [6, 6.07) is 18.8. The normalized spacial score (nSPS) is 15.3. The van der Waals surface area contributed by atoms with Crippen LogP contribution in [0.15, 0.2) is 77.7 Å². The van der Waals surface area contributed by atoms with Crippen LogP contribution in [-0.4, -0.2) is 33.6 Å². The molecule has 1 aliphatic rings. The van der Waals surface area contributed by atoms with E-state index in [4.69, 9.17) is 9.47 Å². The van der Waals surface area contributed by atoms with Crippen LogP contribution in [0.2, 0.25) is 0 Å². The number of carbonyl (C=O) groups is 1. The predicted octanol–water partition coefficient (Wildman–Crippen LogP) is 4.20. The Labute approximate surface area is 186 Å². The van der Waals surface area contributed by atoms with E-state index < -0.39 is 21.8 Å². The second kappa shape index (κ2) is 9.00. The molecule has 0 amide bonds. The summed E-state index contributed by atoms with van der Waals surface area (Å²) >= 11 is 0. The number of esters is 1. The standard InChI is InChI=1S/C24H22FNO5S/c1-17-15-18-7-2-4-11-22(18)26(17)32(28,29)20-9-6-8-19(16-20)24(27)31-14-13-30-23-12-5-3-10-21(23)25/h2-12,16-17H,13-15H2,1H3/t17-/m1/s1. The molecule has 0 saturated carbocycles. The molecule has 3 aromatic rings. The quantitative estimate of drug-likeness (QED) is 0.394. The number of carbonyl (C=O) groups excluding carboxylic acids is 1. The molecular formula is C24H22FNO5S. The van der Waals surface area contributed by atoms with E-state index in [2.05, 4.69) is 0 Å². The highest BCUT2D eigenvalue weighted by molar-refractivity contribution is 7.92. The summed E-state index contributed by atoms with van der Waals surface area (Å²) < 4.78 is 52.1. The molecule has 6 nitrogen and oxygen atoms in total. The van der Waals surface area contributed by atoms with Crippen molar-refractivity contribution in [2.45, 2.75) is 24.3 Å². The number of sulfonamides is 1. The van der Waals surface area contributed by atoms with Gasteiger partial charge in [-0.15, -0.1) is 0 Å². The molecule has 0 aromatic heterocycles. The average Bonchev–Trinajstić information content (AvgIpc) is 3.14. The van der Waals surface area contributed by atoms with E-state index >= 15 is 0 Å². The lowest BCUT2D eigenvalue weighted by molar-refractivity contribution is 0.0448. The molecule has 0 spiro atoms. The van der Waals surface area contributed by atoms with Gasteiger partial charge in [0.1, 0.15) is 13.2 Å². The van der Waals surface area contributed by atoms with Gasteiger partial charge < -0.3 is 9.47 Å². The van der Waals surface area contributed by atoms with E-state index in [0.29, 0.717) is 12.1 Å². The Bertz CT molecular complexity index is 1240. The smallest absolute Gasteiger partial charge is 0.338 e. The van der Waals surface area contributed by atoms with Gasteiger partial charge in [0.2, 0.25) is 0 Å². The van der Waals surface area contributed by atoms with Gasteiger partial charge in [-0.05, 0) is 55.3 Å². The van der Waals surface area contributed by atoms with Gasteiger partial charge in [0.05, 0.1) is 16.1 Å². The summed E-state index contributed by atoms with van der Waals surface area (Å²) in [5.41, 5.74) is 1.73. The number of hydrogen-bond acceptors (Lipinski definition) is 5. The summed E-state index contributed by atoms with van der Waals surface area (Å²) in [5.74, 6) is -1.12. The molecule has 0 fully saturated rings. The third-order valence-corrected chi connectivity index (χ3v) is 7.11. The lowest BCUT2D eigenvalue weighted by atomic mass is 10.1. The second-order valence-corrected chi connectivity index (χ2v) is 9.24. The Kier molecular flexibility index (Phi) is 6.14. The van der Waals surface area contributed by atoms with Crippen molar-refractivity contribution in [3.63, 3.8) is 0 Å². The molecule has 4 rings (SSSR count). The predicted molar refractivity (Wildman–Crippen MR) is 118 cm³/mol. The zero-order valence-electron chi connectivity index (χ0n) is 17.4. The molecule has 1 heterocycles. The summed E-state index contributed by atoms with van der Waals surface area (Å²) in [6.07, 6.45) is 0.624. The minimum atomic E-state index is -3.86. The van der Waals surface area contributed by atoms with Crippen molar-refractivity contribution in [3.8, 4) is 5.75 Å². The van der Waals surface area contributed by atoms with E-state index in [1.165, 1.54) is 40.7 Å². The van der Waals surface area contributed by atoms with Crippen molar-refractivity contribution in [3.05, 3.63) is 89.7 Å². The van der Waals surface area contributed by atoms with Crippen molar-refractivity contribution in [2.24, 2.45) is 0 Å². The third-order valence-electron chi connectivity index (χ3n) is 5.18. The molecule has 0 N–H and O–H groups in total. The molecule has 32 heavy (non-hydrogen) atoms. The molecule has 8 heteroatoms. The number of para-hydroxylation sites is 2. The Morgan fingerprint density at radius 2 is 1.78 bits per heavy atom. The summed E-state index contributed by atoms with van der Waals surface area (Å²) in [6.45, 7) is 1.71. The largest absolute Gasteiger partial charge is 0.487 e. The van der Waals surface area contributed by atoms with Gasteiger partial charge >= 0.3 is 5.97 Å². The van der Waals surface area contributed by atoms with Crippen LogP contribution in [0.5, 0.6) is 5.75 Å². The van der Waals surface area contributed by atoms with Gasteiger partial charge in [-0.1, -0.05) is 36.4 Å². The van der Waals surface area contributed by atoms with Gasteiger partial charge in [0.25, 0.3) is 10.0 Å². The zero-order valence-corrected chi connectivity index (χ0v) is 18.2. The molecule has 0 unspecified atom stereocenters. The first-order chi connectivity index (χ1) is 15.4. The topological polar surface area (TPSA) is 72.9 Å². The lowest BCUT2D eigenvalue weighted by Crippen LogP contribution is -2.35. The van der Waals surface area contributed by atoms with E-state index in [9.17, 15) is 17.6 Å². The summed E-state index contributed by atoms with van der Waals surface area (Å²) in [4.78, 5) is 12.4. The minimum Gasteiger partial charge on any atom is -0.487 e. The second-order valence-electron chi connectivity index (χ2n) is 7.43. The monoisotopic (exact) mass is 455 g/mol. The maximum Gasteiger partial charge on any atom is 0.338 e. The Morgan fingerprint density at radius 1 is 1.03 bits per heavy atom. The van der Waals surface area contributed by atoms with Crippen LogP contribution < -0.4 is 9.04 Å². The zero-order chi connectivity index (χ0) is 22.7. The van der Waals surface area contributed by atoms with Gasteiger partial charge in [0.15, 0.2) is 11.6 Å². The fraction of sp³-hybridized carbons (Fsp3) is 0.208. The molecule has 0 saturated heterocycles. The number of hydrogen-bond donors (Lipinski definition) is 0. The highest BCUT2D eigenvalue weighted by Crippen LogP contribution is 2.36. The number of anilines is 1. The number of halogens is 1. The van der Waals surface area contributed by atoms with Crippen LogP contribution in [0, 0.1) is 5.82 Å². The summed E-state index contributed by atoms with van der Waals surface area (Å²) in [7, 11) is -3.86. The first-order valence-corrected chi connectivity index (χ1v) is 11.6. The third kappa shape index (κ3) is 4.31. The van der Waals surface area contributed by atoms with Crippen molar-refractivity contribution in [2.75, 3.05) is 17.5 Å². The van der Waals surface area contributed by atoms with Crippen LogP contribution in [0.3, 0.4) is 0 Å². The molecular weight excluding hydrogens is 433 g/mol. The van der Waals surface area contributed by atoms with E-state index in [1.807, 2.05) is 19.1 Å². The molecule has 0 radical (unpaired) electrons. The van der Waals surface area contributed by atoms with Crippen molar-refractivity contribution < 1.29 is 27.1 Å². The SMILES string of the molecule is C[C@@H]1Cc2ccccc2N1S(=O)(=O)c1cccc(C(=O)OCCOc2ccccc2F)c1. The fourth-order valence-electron chi connectivity index (χ4n) is 3.73. The first-order valence-electron chi connectivity index (χ1n) is 10.1.